The zero-order chi connectivity index (χ0) is 15.2. The molecule has 1 aromatic carbocycles. The fraction of sp³-hybridized carbons (Fsp3) is 0.312. The van der Waals surface area contributed by atoms with E-state index in [2.05, 4.69) is 9.72 Å². The molecule has 2 rings (SSSR count). The van der Waals surface area contributed by atoms with Crippen LogP contribution in [-0.2, 0) is 9.53 Å². The maximum Gasteiger partial charge on any atom is 0.325 e. The summed E-state index contributed by atoms with van der Waals surface area (Å²) in [7, 11) is 1.31. The lowest BCUT2D eigenvalue weighted by Crippen LogP contribution is -2.37. The molecule has 0 aliphatic heterocycles. The molecule has 5 nitrogen and oxygen atoms in total. The average Bonchev–Trinajstić information content (AvgIpc) is 2.53. The molecule has 21 heavy (non-hydrogen) atoms. The van der Waals surface area contributed by atoms with Gasteiger partial charge in [0.15, 0.2) is 0 Å². The molecule has 1 amide bonds. The molecule has 110 valence electrons. The summed E-state index contributed by atoms with van der Waals surface area (Å²) in [5.41, 5.74) is 1.10. The van der Waals surface area contributed by atoms with Crippen LogP contribution in [0.3, 0.4) is 0 Å². The van der Waals surface area contributed by atoms with E-state index in [1.807, 2.05) is 37.3 Å². The minimum atomic E-state index is -0.433. The number of hydrogen-bond donors (Lipinski definition) is 0. The normalized spacial score (nSPS) is 10.4. The summed E-state index contributed by atoms with van der Waals surface area (Å²) < 4.78 is 4.63. The number of esters is 1. The lowest BCUT2D eigenvalue weighted by molar-refractivity contribution is -0.141. The van der Waals surface area contributed by atoms with Crippen LogP contribution in [0.25, 0.3) is 10.9 Å². The second kappa shape index (κ2) is 6.83. The fourth-order valence-electron chi connectivity index (χ4n) is 2.09. The van der Waals surface area contributed by atoms with Crippen LogP contribution in [-0.4, -0.2) is 42.0 Å². The number of fused-ring (bicyclic) bond motifs is 1. The maximum absolute atomic E-state index is 12.5. The highest BCUT2D eigenvalue weighted by Crippen LogP contribution is 2.13. The molecule has 5 heteroatoms. The van der Waals surface area contributed by atoms with Crippen molar-refractivity contribution in [2.24, 2.45) is 0 Å². The lowest BCUT2D eigenvalue weighted by Gasteiger charge is -2.20. The molecule has 1 aromatic heterocycles. The van der Waals surface area contributed by atoms with Gasteiger partial charge in [-0.15, -0.1) is 0 Å². The van der Waals surface area contributed by atoms with E-state index < -0.39 is 5.97 Å². The minimum absolute atomic E-state index is 0.0579. The Balaban J connectivity index is 2.27. The number of rotatable bonds is 5. The number of methoxy groups -OCH3 is 1. The SMILES string of the molecule is CCCN(CC(=O)OC)C(=O)c1ccc2ccccc2n1. The first kappa shape index (κ1) is 15.0. The summed E-state index contributed by atoms with van der Waals surface area (Å²) in [6, 6.07) is 11.1. The maximum atomic E-state index is 12.5. The van der Waals surface area contributed by atoms with Gasteiger partial charge in [0.1, 0.15) is 12.2 Å². The van der Waals surface area contributed by atoms with Gasteiger partial charge in [0.2, 0.25) is 0 Å². The van der Waals surface area contributed by atoms with Gasteiger partial charge in [-0.1, -0.05) is 31.2 Å². The summed E-state index contributed by atoms with van der Waals surface area (Å²) in [5.74, 6) is -0.689. The summed E-state index contributed by atoms with van der Waals surface area (Å²) in [4.78, 5) is 29.7. The Morgan fingerprint density at radius 3 is 2.67 bits per heavy atom. The summed E-state index contributed by atoms with van der Waals surface area (Å²) in [5, 5.41) is 0.976. The molecule has 0 saturated heterocycles. The predicted molar refractivity (Wildman–Crippen MR) is 80.0 cm³/mol. The van der Waals surface area contributed by atoms with Crippen molar-refractivity contribution < 1.29 is 14.3 Å². The first-order valence-corrected chi connectivity index (χ1v) is 6.87. The quantitative estimate of drug-likeness (QED) is 0.791. The van der Waals surface area contributed by atoms with Crippen molar-refractivity contribution in [2.45, 2.75) is 13.3 Å². The highest BCUT2D eigenvalue weighted by Gasteiger charge is 2.19. The standard InChI is InChI=1S/C16H18N2O3/c1-3-10-18(11-15(19)21-2)16(20)14-9-8-12-6-4-5-7-13(12)17-14/h4-9H,3,10-11H2,1-2H3. The number of aromatic nitrogens is 1. The van der Waals surface area contributed by atoms with Crippen molar-refractivity contribution in [3.8, 4) is 0 Å². The lowest BCUT2D eigenvalue weighted by atomic mass is 10.2. The Bertz CT molecular complexity index is 655. The van der Waals surface area contributed by atoms with Gasteiger partial charge in [0.05, 0.1) is 12.6 Å². The highest BCUT2D eigenvalue weighted by molar-refractivity contribution is 5.96. The molecular formula is C16H18N2O3. The van der Waals surface area contributed by atoms with E-state index >= 15 is 0 Å². The van der Waals surface area contributed by atoms with Gasteiger partial charge in [0, 0.05) is 11.9 Å². The Morgan fingerprint density at radius 2 is 1.95 bits per heavy atom. The van der Waals surface area contributed by atoms with Crippen molar-refractivity contribution in [1.29, 1.82) is 0 Å². The largest absolute Gasteiger partial charge is 0.468 e. The first-order valence-electron chi connectivity index (χ1n) is 6.87. The van der Waals surface area contributed by atoms with E-state index in [-0.39, 0.29) is 12.5 Å². The van der Waals surface area contributed by atoms with Crippen LogP contribution in [0.2, 0.25) is 0 Å². The van der Waals surface area contributed by atoms with Crippen molar-refractivity contribution in [3.05, 3.63) is 42.1 Å². The molecule has 0 fully saturated rings. The minimum Gasteiger partial charge on any atom is -0.468 e. The molecule has 0 radical (unpaired) electrons. The van der Waals surface area contributed by atoms with Crippen molar-refractivity contribution >= 4 is 22.8 Å². The third-order valence-corrected chi connectivity index (χ3v) is 3.15. The van der Waals surface area contributed by atoms with E-state index in [4.69, 9.17) is 0 Å². The molecule has 0 atom stereocenters. The number of ether oxygens (including phenoxy) is 1. The number of pyridine rings is 1. The van der Waals surface area contributed by atoms with Gasteiger partial charge >= 0.3 is 5.97 Å². The van der Waals surface area contributed by atoms with Crippen LogP contribution >= 0.6 is 0 Å². The van der Waals surface area contributed by atoms with Gasteiger partial charge < -0.3 is 9.64 Å². The Labute approximate surface area is 123 Å². The molecule has 1 heterocycles. The first-order chi connectivity index (χ1) is 10.2. The monoisotopic (exact) mass is 286 g/mol. The van der Waals surface area contributed by atoms with Gasteiger partial charge in [0.25, 0.3) is 5.91 Å². The zero-order valence-corrected chi connectivity index (χ0v) is 12.2. The smallest absolute Gasteiger partial charge is 0.325 e. The molecule has 0 unspecified atom stereocenters. The Kier molecular flexibility index (Phi) is 4.87. The average molecular weight is 286 g/mol. The third kappa shape index (κ3) is 3.56. The fourth-order valence-corrected chi connectivity index (χ4v) is 2.09. The molecular weight excluding hydrogens is 268 g/mol. The summed E-state index contributed by atoms with van der Waals surface area (Å²) in [6.45, 7) is 2.38. The van der Waals surface area contributed by atoms with E-state index in [0.717, 1.165) is 17.3 Å². The summed E-state index contributed by atoms with van der Waals surface area (Å²) >= 11 is 0. The molecule has 0 aliphatic rings. The van der Waals surface area contributed by atoms with Crippen LogP contribution in [0, 0.1) is 0 Å². The zero-order valence-electron chi connectivity index (χ0n) is 12.2. The number of hydrogen-bond acceptors (Lipinski definition) is 4. The second-order valence-corrected chi connectivity index (χ2v) is 4.69. The van der Waals surface area contributed by atoms with Gasteiger partial charge in [-0.25, -0.2) is 4.98 Å². The van der Waals surface area contributed by atoms with E-state index in [9.17, 15) is 9.59 Å². The molecule has 2 aromatic rings. The highest BCUT2D eigenvalue weighted by atomic mass is 16.5. The second-order valence-electron chi connectivity index (χ2n) is 4.69. The van der Waals surface area contributed by atoms with E-state index in [1.54, 1.807) is 6.07 Å². The topological polar surface area (TPSA) is 59.5 Å². The number of amides is 1. The summed E-state index contributed by atoms with van der Waals surface area (Å²) in [6.07, 6.45) is 0.760. The number of nitrogens with zero attached hydrogens (tertiary/aromatic N) is 2. The van der Waals surface area contributed by atoms with Crippen LogP contribution < -0.4 is 0 Å². The van der Waals surface area contributed by atoms with Crippen LogP contribution in [0.5, 0.6) is 0 Å². The Morgan fingerprint density at radius 1 is 1.19 bits per heavy atom. The molecule has 0 aliphatic carbocycles. The number of carbonyl (C=O) groups excluding carboxylic acids is 2. The van der Waals surface area contributed by atoms with Gasteiger partial charge in [-0.2, -0.15) is 0 Å². The predicted octanol–water partition coefficient (Wildman–Crippen LogP) is 2.26. The molecule has 0 bridgehead atoms. The van der Waals surface area contributed by atoms with Crippen molar-refractivity contribution in [1.82, 2.24) is 9.88 Å². The Hall–Kier alpha value is -2.43. The van der Waals surface area contributed by atoms with Crippen molar-refractivity contribution in [2.75, 3.05) is 20.2 Å². The number of carbonyl (C=O) groups is 2. The van der Waals surface area contributed by atoms with Gasteiger partial charge in [-0.05, 0) is 18.6 Å². The van der Waals surface area contributed by atoms with E-state index in [0.29, 0.717) is 12.2 Å². The molecule has 0 spiro atoms. The van der Waals surface area contributed by atoms with Crippen molar-refractivity contribution in [3.63, 3.8) is 0 Å². The van der Waals surface area contributed by atoms with Gasteiger partial charge in [-0.3, -0.25) is 9.59 Å². The third-order valence-electron chi connectivity index (χ3n) is 3.15. The molecule has 0 N–H and O–H groups in total. The van der Waals surface area contributed by atoms with Crippen LogP contribution in [0.1, 0.15) is 23.8 Å². The number of benzene rings is 1. The van der Waals surface area contributed by atoms with Crippen LogP contribution in [0.15, 0.2) is 36.4 Å². The number of para-hydroxylation sites is 1. The van der Waals surface area contributed by atoms with Crippen LogP contribution in [0.4, 0.5) is 0 Å². The van der Waals surface area contributed by atoms with E-state index in [1.165, 1.54) is 12.0 Å². The molecule has 0 saturated carbocycles.